The topological polar surface area (TPSA) is 38.5 Å². The van der Waals surface area contributed by atoms with E-state index in [1.54, 1.807) is 0 Å². The second kappa shape index (κ2) is 5.48. The number of hydrogen-bond acceptors (Lipinski definition) is 3. The van der Waals surface area contributed by atoms with Crippen molar-refractivity contribution in [2.45, 2.75) is 19.0 Å². The van der Waals surface area contributed by atoms with Crippen LogP contribution in [0.1, 0.15) is 12.5 Å². The minimum atomic E-state index is -0.294. The Kier molecular flexibility index (Phi) is 4.20. The highest BCUT2D eigenvalue weighted by Crippen LogP contribution is 2.18. The molecule has 4 heteroatoms. The summed E-state index contributed by atoms with van der Waals surface area (Å²) < 4.78 is 6.46. The molecule has 94 valence electrons. The maximum absolute atomic E-state index is 6.42. The largest absolute Gasteiger partial charge is 0.379 e. The number of benzene rings is 1. The average Bonchev–Trinajstić information content (AvgIpc) is 2.33. The molecule has 1 unspecified atom stereocenters. The fourth-order valence-electron chi connectivity index (χ4n) is 2.20. The van der Waals surface area contributed by atoms with Gasteiger partial charge in [0.15, 0.2) is 0 Å². The van der Waals surface area contributed by atoms with Crippen LogP contribution in [0, 0.1) is 0 Å². The van der Waals surface area contributed by atoms with E-state index in [9.17, 15) is 0 Å². The van der Waals surface area contributed by atoms with Gasteiger partial charge in [0, 0.05) is 24.0 Å². The van der Waals surface area contributed by atoms with Gasteiger partial charge < -0.3 is 10.5 Å². The molecule has 17 heavy (non-hydrogen) atoms. The lowest BCUT2D eigenvalue weighted by atomic mass is 10.00. The third-order valence-electron chi connectivity index (χ3n) is 3.21. The van der Waals surface area contributed by atoms with Gasteiger partial charge in [-0.2, -0.15) is 0 Å². The number of ether oxygens (including phenoxy) is 1. The molecule has 3 nitrogen and oxygen atoms in total. The molecule has 0 amide bonds. The lowest BCUT2D eigenvalue weighted by molar-refractivity contribution is -0.0142. The van der Waals surface area contributed by atoms with Crippen LogP contribution >= 0.6 is 15.9 Å². The summed E-state index contributed by atoms with van der Waals surface area (Å²) in [6.07, 6.45) is 0.861. The molecule has 1 aliphatic heterocycles. The van der Waals surface area contributed by atoms with Crippen LogP contribution in [0.4, 0.5) is 0 Å². The first-order valence-electron chi connectivity index (χ1n) is 5.94. The second-order valence-electron chi connectivity index (χ2n) is 4.76. The van der Waals surface area contributed by atoms with Crippen molar-refractivity contribution in [3.8, 4) is 0 Å². The lowest BCUT2D eigenvalue weighted by Crippen LogP contribution is -2.58. The van der Waals surface area contributed by atoms with Crippen LogP contribution in [0.5, 0.6) is 0 Å². The SMILES string of the molecule is CC(N)(Cc1ccc(Br)cc1)N1CCOCC1. The molecule has 2 N–H and O–H groups in total. The van der Waals surface area contributed by atoms with Crippen molar-refractivity contribution in [3.05, 3.63) is 34.3 Å². The van der Waals surface area contributed by atoms with E-state index < -0.39 is 0 Å². The third-order valence-corrected chi connectivity index (χ3v) is 3.74. The number of morpholine rings is 1. The van der Waals surface area contributed by atoms with Gasteiger partial charge in [0.25, 0.3) is 0 Å². The van der Waals surface area contributed by atoms with Gasteiger partial charge >= 0.3 is 0 Å². The van der Waals surface area contributed by atoms with Gasteiger partial charge in [0.2, 0.25) is 0 Å². The second-order valence-corrected chi connectivity index (χ2v) is 5.68. The Morgan fingerprint density at radius 1 is 1.29 bits per heavy atom. The minimum Gasteiger partial charge on any atom is -0.379 e. The number of nitrogens with zero attached hydrogens (tertiary/aromatic N) is 1. The van der Waals surface area contributed by atoms with Gasteiger partial charge in [-0.15, -0.1) is 0 Å². The summed E-state index contributed by atoms with van der Waals surface area (Å²) >= 11 is 3.44. The molecule has 0 bridgehead atoms. The summed E-state index contributed by atoms with van der Waals surface area (Å²) in [7, 11) is 0. The standard InChI is InChI=1S/C13H19BrN2O/c1-13(15,16-6-8-17-9-7-16)10-11-2-4-12(14)5-3-11/h2-5H,6-10,15H2,1H3. The van der Waals surface area contributed by atoms with Gasteiger partial charge in [0.1, 0.15) is 0 Å². The number of hydrogen-bond donors (Lipinski definition) is 1. The number of nitrogens with two attached hydrogens (primary N) is 1. The smallest absolute Gasteiger partial charge is 0.0701 e. The molecule has 0 saturated carbocycles. The Bertz CT molecular complexity index is 358. The quantitative estimate of drug-likeness (QED) is 0.928. The first-order chi connectivity index (χ1) is 8.08. The fourth-order valence-corrected chi connectivity index (χ4v) is 2.47. The zero-order valence-electron chi connectivity index (χ0n) is 10.2. The van der Waals surface area contributed by atoms with Crippen molar-refractivity contribution >= 4 is 15.9 Å². The monoisotopic (exact) mass is 298 g/mol. The molecule has 0 radical (unpaired) electrons. The summed E-state index contributed by atoms with van der Waals surface area (Å²) in [5.41, 5.74) is 7.39. The normalized spacial score (nSPS) is 21.1. The summed E-state index contributed by atoms with van der Waals surface area (Å²) in [4.78, 5) is 2.30. The summed E-state index contributed by atoms with van der Waals surface area (Å²) in [6, 6.07) is 8.36. The van der Waals surface area contributed by atoms with Crippen LogP contribution in [0.25, 0.3) is 0 Å². The van der Waals surface area contributed by atoms with Gasteiger partial charge in [-0.1, -0.05) is 28.1 Å². The highest BCUT2D eigenvalue weighted by molar-refractivity contribution is 9.10. The molecule has 1 atom stereocenters. The lowest BCUT2D eigenvalue weighted by Gasteiger charge is -2.40. The van der Waals surface area contributed by atoms with E-state index in [1.165, 1.54) is 5.56 Å². The maximum Gasteiger partial charge on any atom is 0.0701 e. The van der Waals surface area contributed by atoms with Crippen LogP contribution in [0.2, 0.25) is 0 Å². The van der Waals surface area contributed by atoms with Gasteiger partial charge in [-0.3, -0.25) is 4.90 Å². The molecule has 1 fully saturated rings. The Hall–Kier alpha value is -0.420. The molecule has 1 saturated heterocycles. The van der Waals surface area contributed by atoms with Crippen LogP contribution in [-0.4, -0.2) is 36.9 Å². The molecule has 2 rings (SSSR count). The van der Waals surface area contributed by atoms with Crippen molar-refractivity contribution in [2.24, 2.45) is 5.73 Å². The van der Waals surface area contributed by atoms with E-state index in [2.05, 4.69) is 52.0 Å². The van der Waals surface area contributed by atoms with E-state index in [4.69, 9.17) is 10.5 Å². The highest BCUT2D eigenvalue weighted by atomic mass is 79.9. The number of halogens is 1. The summed E-state index contributed by atoms with van der Waals surface area (Å²) in [6.45, 7) is 5.51. The third kappa shape index (κ3) is 3.52. The molecule has 0 spiro atoms. The first-order valence-corrected chi connectivity index (χ1v) is 6.73. The molecule has 1 aromatic rings. The van der Waals surface area contributed by atoms with E-state index in [-0.39, 0.29) is 5.66 Å². The van der Waals surface area contributed by atoms with E-state index in [0.717, 1.165) is 37.2 Å². The zero-order valence-corrected chi connectivity index (χ0v) is 11.7. The summed E-state index contributed by atoms with van der Waals surface area (Å²) in [5.74, 6) is 0. The van der Waals surface area contributed by atoms with E-state index in [1.807, 2.05) is 0 Å². The Morgan fingerprint density at radius 3 is 2.47 bits per heavy atom. The maximum atomic E-state index is 6.42. The Labute approximate surface area is 111 Å². The van der Waals surface area contributed by atoms with E-state index in [0.29, 0.717) is 0 Å². The van der Waals surface area contributed by atoms with Crippen LogP contribution < -0.4 is 5.73 Å². The van der Waals surface area contributed by atoms with Crippen LogP contribution in [0.3, 0.4) is 0 Å². The molecule has 0 aromatic heterocycles. The number of rotatable bonds is 3. The molecular weight excluding hydrogens is 280 g/mol. The predicted octanol–water partition coefficient (Wildman–Crippen LogP) is 2.00. The van der Waals surface area contributed by atoms with Crippen LogP contribution in [-0.2, 0) is 11.2 Å². The minimum absolute atomic E-state index is 0.294. The van der Waals surface area contributed by atoms with Crippen molar-refractivity contribution in [1.82, 2.24) is 4.90 Å². The predicted molar refractivity (Wildman–Crippen MR) is 72.8 cm³/mol. The Morgan fingerprint density at radius 2 is 1.88 bits per heavy atom. The van der Waals surface area contributed by atoms with E-state index >= 15 is 0 Å². The molecule has 1 aliphatic rings. The molecule has 1 aromatic carbocycles. The van der Waals surface area contributed by atoms with Crippen molar-refractivity contribution < 1.29 is 4.74 Å². The first kappa shape index (κ1) is 13.0. The summed E-state index contributed by atoms with van der Waals surface area (Å²) in [5, 5.41) is 0. The van der Waals surface area contributed by atoms with Crippen molar-refractivity contribution in [2.75, 3.05) is 26.3 Å². The molecule has 1 heterocycles. The highest BCUT2D eigenvalue weighted by Gasteiger charge is 2.28. The van der Waals surface area contributed by atoms with Crippen molar-refractivity contribution in [1.29, 1.82) is 0 Å². The molecule has 0 aliphatic carbocycles. The van der Waals surface area contributed by atoms with Gasteiger partial charge in [-0.25, -0.2) is 0 Å². The Balaban J connectivity index is 2.02. The fraction of sp³-hybridized carbons (Fsp3) is 0.538. The van der Waals surface area contributed by atoms with Crippen LogP contribution in [0.15, 0.2) is 28.7 Å². The zero-order chi connectivity index (χ0) is 12.3. The van der Waals surface area contributed by atoms with Gasteiger partial charge in [-0.05, 0) is 24.6 Å². The van der Waals surface area contributed by atoms with Crippen molar-refractivity contribution in [3.63, 3.8) is 0 Å². The molecular formula is C13H19BrN2O. The average molecular weight is 299 g/mol. The van der Waals surface area contributed by atoms with Gasteiger partial charge in [0.05, 0.1) is 18.9 Å².